The van der Waals surface area contributed by atoms with Crippen molar-refractivity contribution in [1.29, 1.82) is 0 Å². The molecule has 0 N–H and O–H groups in total. The zero-order valence-electron chi connectivity index (χ0n) is 20.6. The summed E-state index contributed by atoms with van der Waals surface area (Å²) in [4.78, 5) is 29.3. The third-order valence-corrected chi connectivity index (χ3v) is 5.90. The van der Waals surface area contributed by atoms with Crippen molar-refractivity contribution in [3.63, 3.8) is 0 Å². The van der Waals surface area contributed by atoms with E-state index in [9.17, 15) is 9.59 Å². The monoisotopic (exact) mass is 499 g/mol. The predicted octanol–water partition coefficient (Wildman–Crippen LogP) is 6.71. The number of rotatable bonds is 8. The lowest BCUT2D eigenvalue weighted by Crippen LogP contribution is -2.11. The van der Waals surface area contributed by atoms with Crippen LogP contribution in [0.5, 0.6) is 11.5 Å². The molecular formula is C33H25NO4. The second-order valence-electron chi connectivity index (χ2n) is 8.73. The van der Waals surface area contributed by atoms with E-state index in [0.717, 1.165) is 33.6 Å². The summed E-state index contributed by atoms with van der Waals surface area (Å²) in [6.45, 7) is 0. The van der Waals surface area contributed by atoms with Crippen molar-refractivity contribution in [3.05, 3.63) is 139 Å². The van der Waals surface area contributed by atoms with E-state index in [1.54, 1.807) is 24.3 Å². The lowest BCUT2D eigenvalue weighted by Gasteiger charge is -2.08. The Hall–Kier alpha value is -5.03. The Bertz CT molecular complexity index is 1400. The maximum Gasteiger partial charge on any atom is 0.315 e. The molecular weight excluding hydrogens is 474 g/mol. The first kappa shape index (κ1) is 24.7. The normalized spacial score (nSPS) is 10.5. The Labute approximate surface area is 221 Å². The SMILES string of the molecule is O=C(Cc1ccccc1)Oc1ccc(-c2cccc(-c3ccc(OC(=O)Cc4ccccc4)cc3)n2)cc1. The van der Waals surface area contributed by atoms with Crippen LogP contribution >= 0.6 is 0 Å². The Morgan fingerprint density at radius 2 is 0.868 bits per heavy atom. The van der Waals surface area contributed by atoms with Crippen molar-refractivity contribution in [1.82, 2.24) is 4.98 Å². The third-order valence-electron chi connectivity index (χ3n) is 5.90. The number of esters is 2. The van der Waals surface area contributed by atoms with Crippen molar-refractivity contribution in [3.8, 4) is 34.0 Å². The molecule has 0 aliphatic heterocycles. The highest BCUT2D eigenvalue weighted by Gasteiger charge is 2.10. The summed E-state index contributed by atoms with van der Waals surface area (Å²) < 4.78 is 11.0. The standard InChI is InChI=1S/C33H25NO4/c35-32(22-24-8-3-1-4-9-24)37-28-18-14-26(15-19-28)30-12-7-13-31(34-30)27-16-20-29(21-17-27)38-33(36)23-25-10-5-2-6-11-25/h1-21H,22-23H2. The van der Waals surface area contributed by atoms with Gasteiger partial charge < -0.3 is 9.47 Å². The summed E-state index contributed by atoms with van der Waals surface area (Å²) in [6.07, 6.45) is 0.439. The molecule has 5 rings (SSSR count). The molecule has 0 fully saturated rings. The number of hydrogen-bond acceptors (Lipinski definition) is 5. The molecule has 0 bridgehead atoms. The van der Waals surface area contributed by atoms with E-state index in [2.05, 4.69) is 0 Å². The van der Waals surface area contributed by atoms with Crippen LogP contribution in [0.25, 0.3) is 22.5 Å². The fourth-order valence-corrected chi connectivity index (χ4v) is 4.00. The number of hydrogen-bond donors (Lipinski definition) is 0. The summed E-state index contributed by atoms with van der Waals surface area (Å²) in [7, 11) is 0. The first-order chi connectivity index (χ1) is 18.6. The van der Waals surface area contributed by atoms with Crippen LogP contribution < -0.4 is 9.47 Å². The van der Waals surface area contributed by atoms with Crippen LogP contribution in [0.3, 0.4) is 0 Å². The van der Waals surface area contributed by atoms with Gasteiger partial charge in [-0.05, 0) is 71.8 Å². The smallest absolute Gasteiger partial charge is 0.315 e. The van der Waals surface area contributed by atoms with Crippen molar-refractivity contribution in [2.24, 2.45) is 0 Å². The highest BCUT2D eigenvalue weighted by molar-refractivity contribution is 5.76. The van der Waals surface area contributed by atoms with Gasteiger partial charge in [-0.1, -0.05) is 66.7 Å². The Morgan fingerprint density at radius 1 is 0.474 bits per heavy atom. The molecule has 0 radical (unpaired) electrons. The molecule has 0 saturated carbocycles. The molecule has 0 aliphatic rings. The number of pyridine rings is 1. The van der Waals surface area contributed by atoms with Crippen molar-refractivity contribution in [2.75, 3.05) is 0 Å². The van der Waals surface area contributed by atoms with Gasteiger partial charge in [-0.15, -0.1) is 0 Å². The predicted molar refractivity (Wildman–Crippen MR) is 147 cm³/mol. The number of nitrogens with zero attached hydrogens (tertiary/aromatic N) is 1. The van der Waals surface area contributed by atoms with Crippen LogP contribution in [-0.4, -0.2) is 16.9 Å². The highest BCUT2D eigenvalue weighted by Crippen LogP contribution is 2.26. The minimum atomic E-state index is -0.307. The topological polar surface area (TPSA) is 65.5 Å². The second kappa shape index (κ2) is 11.8. The van der Waals surface area contributed by atoms with Gasteiger partial charge in [0.1, 0.15) is 11.5 Å². The summed E-state index contributed by atoms with van der Waals surface area (Å²) in [6, 6.07) is 39.4. The summed E-state index contributed by atoms with van der Waals surface area (Å²) in [5.41, 5.74) is 5.22. The maximum absolute atomic E-state index is 12.2. The first-order valence-corrected chi connectivity index (χ1v) is 12.3. The lowest BCUT2D eigenvalue weighted by atomic mass is 10.1. The Kier molecular flexibility index (Phi) is 7.66. The third kappa shape index (κ3) is 6.59. The average Bonchev–Trinajstić information content (AvgIpc) is 2.95. The van der Waals surface area contributed by atoms with Crippen LogP contribution in [0.15, 0.2) is 127 Å². The fourth-order valence-electron chi connectivity index (χ4n) is 4.00. The van der Waals surface area contributed by atoms with Gasteiger partial charge in [0.15, 0.2) is 0 Å². The molecule has 0 spiro atoms. The van der Waals surface area contributed by atoms with Crippen LogP contribution in [0.4, 0.5) is 0 Å². The highest BCUT2D eigenvalue weighted by atomic mass is 16.5. The van der Waals surface area contributed by atoms with Crippen LogP contribution in [-0.2, 0) is 22.4 Å². The molecule has 1 aromatic heterocycles. The van der Waals surface area contributed by atoms with Gasteiger partial charge in [0.2, 0.25) is 0 Å². The Balaban J connectivity index is 1.21. The van der Waals surface area contributed by atoms with E-state index >= 15 is 0 Å². The van der Waals surface area contributed by atoms with Crippen LogP contribution in [0.1, 0.15) is 11.1 Å². The molecule has 186 valence electrons. The van der Waals surface area contributed by atoms with Gasteiger partial charge in [0.05, 0.1) is 24.2 Å². The molecule has 0 saturated heterocycles. The summed E-state index contributed by atoms with van der Waals surface area (Å²) in [5.74, 6) is 0.364. The van der Waals surface area contributed by atoms with Gasteiger partial charge in [0, 0.05) is 11.1 Å². The molecule has 0 aliphatic carbocycles. The fraction of sp³-hybridized carbons (Fsp3) is 0.0606. The molecule has 0 unspecified atom stereocenters. The van der Waals surface area contributed by atoms with Gasteiger partial charge in [-0.2, -0.15) is 0 Å². The molecule has 0 amide bonds. The van der Waals surface area contributed by atoms with Crippen LogP contribution in [0, 0.1) is 0 Å². The zero-order valence-corrected chi connectivity index (χ0v) is 20.6. The van der Waals surface area contributed by atoms with E-state index in [-0.39, 0.29) is 24.8 Å². The molecule has 0 atom stereocenters. The summed E-state index contributed by atoms with van der Waals surface area (Å²) in [5, 5.41) is 0. The number of carbonyl (C=O) groups excluding carboxylic acids is 2. The minimum absolute atomic E-state index is 0.219. The van der Waals surface area contributed by atoms with Crippen molar-refractivity contribution < 1.29 is 19.1 Å². The molecule has 4 aromatic carbocycles. The molecule has 5 aromatic rings. The van der Waals surface area contributed by atoms with Gasteiger partial charge in [-0.25, -0.2) is 4.98 Å². The van der Waals surface area contributed by atoms with E-state index in [0.29, 0.717) is 11.5 Å². The van der Waals surface area contributed by atoms with Crippen molar-refractivity contribution in [2.45, 2.75) is 12.8 Å². The maximum atomic E-state index is 12.2. The van der Waals surface area contributed by atoms with E-state index < -0.39 is 0 Å². The van der Waals surface area contributed by atoms with Crippen LogP contribution in [0.2, 0.25) is 0 Å². The Morgan fingerprint density at radius 3 is 1.26 bits per heavy atom. The molecule has 1 heterocycles. The zero-order chi connectivity index (χ0) is 26.2. The van der Waals surface area contributed by atoms with Gasteiger partial charge in [-0.3, -0.25) is 9.59 Å². The largest absolute Gasteiger partial charge is 0.426 e. The number of benzene rings is 4. The molecule has 5 nitrogen and oxygen atoms in total. The quantitative estimate of drug-likeness (QED) is 0.175. The van der Waals surface area contributed by atoms with Gasteiger partial charge in [0.25, 0.3) is 0 Å². The number of carbonyl (C=O) groups is 2. The first-order valence-electron chi connectivity index (χ1n) is 12.3. The van der Waals surface area contributed by atoms with E-state index in [1.165, 1.54) is 0 Å². The second-order valence-corrected chi connectivity index (χ2v) is 8.73. The average molecular weight is 500 g/mol. The summed E-state index contributed by atoms with van der Waals surface area (Å²) >= 11 is 0. The number of ether oxygens (including phenoxy) is 2. The molecule has 38 heavy (non-hydrogen) atoms. The van der Waals surface area contributed by atoms with E-state index in [4.69, 9.17) is 14.5 Å². The van der Waals surface area contributed by atoms with E-state index in [1.807, 2.05) is 103 Å². The lowest BCUT2D eigenvalue weighted by molar-refractivity contribution is -0.134. The minimum Gasteiger partial charge on any atom is -0.426 e. The molecule has 5 heteroatoms. The van der Waals surface area contributed by atoms with Crippen molar-refractivity contribution >= 4 is 11.9 Å². The number of aromatic nitrogens is 1. The van der Waals surface area contributed by atoms with Gasteiger partial charge >= 0.3 is 11.9 Å².